The Morgan fingerprint density at radius 2 is 1.26 bits per heavy atom. The summed E-state index contributed by atoms with van der Waals surface area (Å²) < 4.78 is 0. The zero-order valence-electron chi connectivity index (χ0n) is 12.9. The summed E-state index contributed by atoms with van der Waals surface area (Å²) in [4.78, 5) is 8.53. The molecule has 2 nitrogen and oxygen atoms in total. The fourth-order valence-corrected chi connectivity index (χ4v) is 2.86. The van der Waals surface area contributed by atoms with E-state index in [0.29, 0.717) is 0 Å². The first kappa shape index (κ1) is 13.6. The van der Waals surface area contributed by atoms with Crippen LogP contribution in [0.15, 0.2) is 79.1 Å². The van der Waals surface area contributed by atoms with Crippen LogP contribution >= 0.6 is 0 Å². The molecule has 0 radical (unpaired) electrons. The molecule has 0 N–H and O–H groups in total. The second kappa shape index (κ2) is 5.65. The standard InChI is InChI=1S/C21H16N2/c1-15-22-13-19(14-23-15)16-9-11-18(12-10-16)21-8-4-6-17-5-2-3-7-20(17)21/h2-14H,1H3. The minimum Gasteiger partial charge on any atom is -0.241 e. The number of fused-ring (bicyclic) bond motifs is 1. The maximum absolute atomic E-state index is 4.27. The number of aromatic nitrogens is 2. The Morgan fingerprint density at radius 3 is 2.04 bits per heavy atom. The Kier molecular flexibility index (Phi) is 3.35. The molecule has 4 rings (SSSR count). The molecule has 0 spiro atoms. The van der Waals surface area contributed by atoms with Crippen molar-refractivity contribution >= 4 is 10.8 Å². The molecule has 3 aromatic carbocycles. The van der Waals surface area contributed by atoms with Gasteiger partial charge in [0.15, 0.2) is 0 Å². The molecule has 23 heavy (non-hydrogen) atoms. The number of nitrogens with zero attached hydrogens (tertiary/aromatic N) is 2. The van der Waals surface area contributed by atoms with E-state index >= 15 is 0 Å². The monoisotopic (exact) mass is 296 g/mol. The van der Waals surface area contributed by atoms with Crippen molar-refractivity contribution in [1.29, 1.82) is 0 Å². The van der Waals surface area contributed by atoms with Crippen molar-refractivity contribution in [3.05, 3.63) is 84.9 Å². The normalized spacial score (nSPS) is 10.8. The van der Waals surface area contributed by atoms with Crippen molar-refractivity contribution < 1.29 is 0 Å². The molecular weight excluding hydrogens is 280 g/mol. The Labute approximate surface area is 135 Å². The first-order valence-electron chi connectivity index (χ1n) is 7.68. The molecule has 0 atom stereocenters. The zero-order chi connectivity index (χ0) is 15.6. The van der Waals surface area contributed by atoms with Crippen LogP contribution in [0.5, 0.6) is 0 Å². The van der Waals surface area contributed by atoms with Gasteiger partial charge in [-0.2, -0.15) is 0 Å². The highest BCUT2D eigenvalue weighted by molar-refractivity contribution is 5.96. The average Bonchev–Trinajstić information content (AvgIpc) is 2.62. The van der Waals surface area contributed by atoms with Crippen LogP contribution < -0.4 is 0 Å². The predicted octanol–water partition coefficient (Wildman–Crippen LogP) is 5.27. The van der Waals surface area contributed by atoms with Gasteiger partial charge < -0.3 is 0 Å². The van der Waals surface area contributed by atoms with E-state index in [4.69, 9.17) is 0 Å². The van der Waals surface area contributed by atoms with Gasteiger partial charge in [0.25, 0.3) is 0 Å². The van der Waals surface area contributed by atoms with Crippen LogP contribution in [0, 0.1) is 6.92 Å². The summed E-state index contributed by atoms with van der Waals surface area (Å²) in [6.45, 7) is 1.90. The van der Waals surface area contributed by atoms with E-state index in [-0.39, 0.29) is 0 Å². The molecule has 1 heterocycles. The highest BCUT2D eigenvalue weighted by atomic mass is 14.8. The van der Waals surface area contributed by atoms with E-state index in [1.165, 1.54) is 21.9 Å². The number of hydrogen-bond acceptors (Lipinski definition) is 2. The van der Waals surface area contributed by atoms with Crippen LogP contribution in [0.25, 0.3) is 33.0 Å². The van der Waals surface area contributed by atoms with E-state index in [2.05, 4.69) is 76.7 Å². The highest BCUT2D eigenvalue weighted by Gasteiger charge is 2.04. The van der Waals surface area contributed by atoms with Gasteiger partial charge in [0.1, 0.15) is 5.82 Å². The van der Waals surface area contributed by atoms with Gasteiger partial charge in [-0.15, -0.1) is 0 Å². The summed E-state index contributed by atoms with van der Waals surface area (Å²) in [6, 6.07) is 23.5. The highest BCUT2D eigenvalue weighted by Crippen LogP contribution is 2.30. The van der Waals surface area contributed by atoms with Gasteiger partial charge in [0.05, 0.1) is 0 Å². The van der Waals surface area contributed by atoms with Crippen molar-refractivity contribution in [2.24, 2.45) is 0 Å². The first-order valence-corrected chi connectivity index (χ1v) is 7.68. The topological polar surface area (TPSA) is 25.8 Å². The van der Waals surface area contributed by atoms with Crippen LogP contribution in [0.3, 0.4) is 0 Å². The van der Waals surface area contributed by atoms with Crippen molar-refractivity contribution in [3.8, 4) is 22.3 Å². The third-order valence-electron chi connectivity index (χ3n) is 4.10. The molecule has 0 amide bonds. The molecule has 0 bridgehead atoms. The molecule has 0 aliphatic rings. The molecule has 2 heteroatoms. The van der Waals surface area contributed by atoms with E-state index in [0.717, 1.165) is 17.0 Å². The van der Waals surface area contributed by atoms with Crippen LogP contribution in [-0.4, -0.2) is 9.97 Å². The number of hydrogen-bond donors (Lipinski definition) is 0. The molecule has 4 aromatic rings. The van der Waals surface area contributed by atoms with Crippen molar-refractivity contribution in [1.82, 2.24) is 9.97 Å². The van der Waals surface area contributed by atoms with Gasteiger partial charge in [-0.25, -0.2) is 9.97 Å². The summed E-state index contributed by atoms with van der Waals surface area (Å²) in [7, 11) is 0. The quantitative estimate of drug-likeness (QED) is 0.503. The van der Waals surface area contributed by atoms with Crippen molar-refractivity contribution in [2.45, 2.75) is 6.92 Å². The van der Waals surface area contributed by atoms with Crippen LogP contribution in [0.1, 0.15) is 5.82 Å². The molecule has 0 aliphatic heterocycles. The molecular formula is C21H16N2. The third-order valence-corrected chi connectivity index (χ3v) is 4.10. The van der Waals surface area contributed by atoms with E-state index < -0.39 is 0 Å². The predicted molar refractivity (Wildman–Crippen MR) is 95.1 cm³/mol. The van der Waals surface area contributed by atoms with Gasteiger partial charge in [-0.05, 0) is 34.4 Å². The Morgan fingerprint density at radius 1 is 0.609 bits per heavy atom. The lowest BCUT2D eigenvalue weighted by molar-refractivity contribution is 1.06. The van der Waals surface area contributed by atoms with Crippen molar-refractivity contribution in [2.75, 3.05) is 0 Å². The minimum atomic E-state index is 0.793. The lowest BCUT2D eigenvalue weighted by Crippen LogP contribution is -1.88. The molecule has 0 saturated carbocycles. The van der Waals surface area contributed by atoms with Gasteiger partial charge in [0.2, 0.25) is 0 Å². The van der Waals surface area contributed by atoms with E-state index in [1.54, 1.807) is 0 Å². The molecule has 110 valence electrons. The van der Waals surface area contributed by atoms with Crippen LogP contribution in [0.4, 0.5) is 0 Å². The summed E-state index contributed by atoms with van der Waals surface area (Å²) in [6.07, 6.45) is 3.74. The molecule has 1 aromatic heterocycles. The minimum absolute atomic E-state index is 0.793. The van der Waals surface area contributed by atoms with Gasteiger partial charge in [-0.1, -0.05) is 66.7 Å². The van der Waals surface area contributed by atoms with Gasteiger partial charge in [-0.3, -0.25) is 0 Å². The fourth-order valence-electron chi connectivity index (χ4n) is 2.86. The largest absolute Gasteiger partial charge is 0.241 e. The summed E-state index contributed by atoms with van der Waals surface area (Å²) in [5, 5.41) is 2.54. The van der Waals surface area contributed by atoms with Crippen molar-refractivity contribution in [3.63, 3.8) is 0 Å². The van der Waals surface area contributed by atoms with Gasteiger partial charge in [0, 0.05) is 18.0 Å². The summed E-state index contributed by atoms with van der Waals surface area (Å²) in [5.74, 6) is 0.793. The number of rotatable bonds is 2. The summed E-state index contributed by atoms with van der Waals surface area (Å²) in [5.41, 5.74) is 4.66. The SMILES string of the molecule is Cc1ncc(-c2ccc(-c3cccc4ccccc34)cc2)cn1. The maximum Gasteiger partial charge on any atom is 0.125 e. The molecule has 0 aliphatic carbocycles. The fraction of sp³-hybridized carbons (Fsp3) is 0.0476. The average molecular weight is 296 g/mol. The lowest BCUT2D eigenvalue weighted by Gasteiger charge is -2.08. The smallest absolute Gasteiger partial charge is 0.125 e. The van der Waals surface area contributed by atoms with E-state index in [1.807, 2.05) is 19.3 Å². The Balaban J connectivity index is 1.77. The first-order chi connectivity index (χ1) is 11.3. The van der Waals surface area contributed by atoms with Crippen LogP contribution in [0.2, 0.25) is 0 Å². The Hall–Kier alpha value is -3.00. The zero-order valence-corrected chi connectivity index (χ0v) is 12.9. The number of aryl methyl sites for hydroxylation is 1. The lowest BCUT2D eigenvalue weighted by atomic mass is 9.97. The second-order valence-corrected chi connectivity index (χ2v) is 5.62. The molecule has 0 unspecified atom stereocenters. The van der Waals surface area contributed by atoms with Crippen LogP contribution in [-0.2, 0) is 0 Å². The Bertz CT molecular complexity index is 950. The molecule has 0 fully saturated rings. The van der Waals surface area contributed by atoms with Gasteiger partial charge >= 0.3 is 0 Å². The third kappa shape index (κ3) is 2.59. The second-order valence-electron chi connectivity index (χ2n) is 5.62. The maximum atomic E-state index is 4.27. The van der Waals surface area contributed by atoms with E-state index in [9.17, 15) is 0 Å². The summed E-state index contributed by atoms with van der Waals surface area (Å²) >= 11 is 0. The molecule has 0 saturated heterocycles. The number of benzene rings is 3.